The van der Waals surface area contributed by atoms with Crippen molar-refractivity contribution in [3.05, 3.63) is 36.0 Å². The van der Waals surface area contributed by atoms with E-state index in [1.807, 2.05) is 6.20 Å². The van der Waals surface area contributed by atoms with Crippen LogP contribution in [0, 0.1) is 23.2 Å². The molecule has 8 nitrogen and oxygen atoms in total. The summed E-state index contributed by atoms with van der Waals surface area (Å²) in [5, 5.41) is 11.0. The van der Waals surface area contributed by atoms with E-state index in [-0.39, 0.29) is 48.2 Å². The van der Waals surface area contributed by atoms with Gasteiger partial charge in [0.2, 0.25) is 0 Å². The van der Waals surface area contributed by atoms with Gasteiger partial charge in [-0.15, -0.1) is 0 Å². The van der Waals surface area contributed by atoms with Gasteiger partial charge in [-0.1, -0.05) is 46.8 Å². The van der Waals surface area contributed by atoms with Crippen molar-refractivity contribution in [2.45, 2.75) is 110 Å². The van der Waals surface area contributed by atoms with Crippen LogP contribution < -0.4 is 0 Å². The van der Waals surface area contributed by atoms with Gasteiger partial charge in [0.05, 0.1) is 31.7 Å². The number of carbonyl (C=O) groups is 2. The zero-order chi connectivity index (χ0) is 28.7. The fourth-order valence-electron chi connectivity index (χ4n) is 7.18. The second kappa shape index (κ2) is 11.5. The molecule has 8 heteroatoms. The fourth-order valence-corrected chi connectivity index (χ4v) is 7.18. The molecule has 0 unspecified atom stereocenters. The zero-order valence-corrected chi connectivity index (χ0v) is 24.5. The van der Waals surface area contributed by atoms with E-state index in [2.05, 4.69) is 63.9 Å². The van der Waals surface area contributed by atoms with Crippen LogP contribution in [0.25, 0.3) is 10.9 Å². The molecule has 3 aliphatic heterocycles. The van der Waals surface area contributed by atoms with Crippen LogP contribution in [0.4, 0.5) is 0 Å². The van der Waals surface area contributed by atoms with Gasteiger partial charge in [0, 0.05) is 29.5 Å². The number of aliphatic hydroxyl groups is 1. The lowest BCUT2D eigenvalue weighted by molar-refractivity contribution is -0.393. The summed E-state index contributed by atoms with van der Waals surface area (Å²) in [6, 6.07) is 8.65. The highest BCUT2D eigenvalue weighted by molar-refractivity contribution is 5.79. The van der Waals surface area contributed by atoms with Gasteiger partial charge in [-0.2, -0.15) is 0 Å². The number of ether oxygens (including phenoxy) is 4. The number of fused-ring (bicyclic) bond motifs is 3. The lowest BCUT2D eigenvalue weighted by Gasteiger charge is -2.59. The maximum Gasteiger partial charge on any atom is 0.309 e. The SMILES string of the molecule is C[C@@H]1[C@@H]([C@@H](C)CCCc2ccc3cc[nH]c3c2)O[C@@]23C[C@@H]1OC(=O)C[C@H](CO)OC(=O)C[C@H](O2)[C@H](C)CC3(C)C. The number of hydrogen-bond acceptors (Lipinski definition) is 7. The van der Waals surface area contributed by atoms with Crippen molar-refractivity contribution in [3.63, 3.8) is 0 Å². The summed E-state index contributed by atoms with van der Waals surface area (Å²) in [7, 11) is 0. The van der Waals surface area contributed by atoms with Gasteiger partial charge in [0.1, 0.15) is 12.2 Å². The summed E-state index contributed by atoms with van der Waals surface area (Å²) in [4.78, 5) is 29.0. The van der Waals surface area contributed by atoms with E-state index in [1.54, 1.807) is 0 Å². The molecule has 4 heterocycles. The summed E-state index contributed by atoms with van der Waals surface area (Å²) in [5.74, 6) is -1.69. The number of nitrogens with one attached hydrogen (secondary N) is 1. The summed E-state index contributed by atoms with van der Waals surface area (Å²) < 4.78 is 25.3. The first kappa shape index (κ1) is 29.1. The second-order valence-corrected chi connectivity index (χ2v) is 13.1. The highest BCUT2D eigenvalue weighted by atomic mass is 16.7. The van der Waals surface area contributed by atoms with Gasteiger partial charge in [-0.3, -0.25) is 9.59 Å². The average molecular weight is 556 g/mol. The minimum absolute atomic E-state index is 0.0462. The molecule has 3 saturated heterocycles. The van der Waals surface area contributed by atoms with Crippen LogP contribution in [-0.2, 0) is 35.0 Å². The number of carbonyl (C=O) groups excluding carboxylic acids is 2. The Labute approximate surface area is 237 Å². The van der Waals surface area contributed by atoms with E-state index in [0.29, 0.717) is 6.42 Å². The van der Waals surface area contributed by atoms with Gasteiger partial charge in [0.15, 0.2) is 5.79 Å². The van der Waals surface area contributed by atoms with Crippen LogP contribution >= 0.6 is 0 Å². The summed E-state index contributed by atoms with van der Waals surface area (Å²) in [5.41, 5.74) is 2.09. The van der Waals surface area contributed by atoms with Gasteiger partial charge < -0.3 is 29.0 Å². The monoisotopic (exact) mass is 555 g/mol. The van der Waals surface area contributed by atoms with Crippen molar-refractivity contribution >= 4 is 22.8 Å². The van der Waals surface area contributed by atoms with Crippen molar-refractivity contribution in [1.29, 1.82) is 0 Å². The van der Waals surface area contributed by atoms with Crippen molar-refractivity contribution in [2.75, 3.05) is 6.61 Å². The van der Waals surface area contributed by atoms with E-state index >= 15 is 0 Å². The molecule has 5 rings (SSSR count). The van der Waals surface area contributed by atoms with Gasteiger partial charge in [-0.25, -0.2) is 0 Å². The zero-order valence-electron chi connectivity index (χ0n) is 24.5. The Morgan fingerprint density at radius 3 is 2.58 bits per heavy atom. The molecule has 1 spiro atoms. The van der Waals surface area contributed by atoms with Crippen LogP contribution in [0.2, 0.25) is 0 Å². The van der Waals surface area contributed by atoms with E-state index in [4.69, 9.17) is 18.9 Å². The second-order valence-electron chi connectivity index (χ2n) is 13.1. The number of rotatable bonds is 6. The first-order valence-corrected chi connectivity index (χ1v) is 14.9. The van der Waals surface area contributed by atoms with Crippen molar-refractivity contribution < 1.29 is 33.6 Å². The third-order valence-electron chi connectivity index (χ3n) is 9.59. The standard InChI is InChI=1S/C32H45NO7/c1-19(7-6-8-22-9-10-23-11-12-33-25(23)13-22)30-21(3)27-17-32(40-30)31(4,5)16-20(2)26(39-32)15-29(36)37-24(18-34)14-28(35)38-27/h9-13,19-21,24,26-27,30,33-34H,6-8,14-18H2,1-5H3/t19-,20+,21-,24+,26-,27-,30+,32+/m0/s1. The Bertz CT molecular complexity index is 1200. The Morgan fingerprint density at radius 2 is 1.80 bits per heavy atom. The maximum atomic E-state index is 13.0. The van der Waals surface area contributed by atoms with Crippen LogP contribution in [0.1, 0.15) is 78.7 Å². The number of aromatic nitrogens is 1. The molecular formula is C32H45NO7. The third-order valence-corrected chi connectivity index (χ3v) is 9.59. The molecule has 40 heavy (non-hydrogen) atoms. The first-order chi connectivity index (χ1) is 19.0. The molecule has 220 valence electrons. The van der Waals surface area contributed by atoms with Crippen molar-refractivity contribution in [1.82, 2.24) is 4.98 Å². The largest absolute Gasteiger partial charge is 0.462 e. The fraction of sp³-hybridized carbons (Fsp3) is 0.688. The summed E-state index contributed by atoms with van der Waals surface area (Å²) >= 11 is 0. The van der Waals surface area contributed by atoms with Gasteiger partial charge in [0.25, 0.3) is 0 Å². The molecule has 2 aromatic rings. The minimum atomic E-state index is -0.991. The van der Waals surface area contributed by atoms with Crippen molar-refractivity contribution in [2.24, 2.45) is 23.2 Å². The number of aliphatic hydroxyl groups excluding tert-OH is 1. The van der Waals surface area contributed by atoms with E-state index < -0.39 is 36.5 Å². The maximum absolute atomic E-state index is 13.0. The predicted octanol–water partition coefficient (Wildman–Crippen LogP) is 5.31. The number of esters is 2. The van der Waals surface area contributed by atoms with Gasteiger partial charge >= 0.3 is 11.9 Å². The third kappa shape index (κ3) is 5.81. The molecule has 0 aliphatic carbocycles. The van der Waals surface area contributed by atoms with Crippen LogP contribution in [0.3, 0.4) is 0 Å². The summed E-state index contributed by atoms with van der Waals surface area (Å²) in [6.07, 6.45) is 4.08. The molecule has 8 atom stereocenters. The van der Waals surface area contributed by atoms with E-state index in [0.717, 1.165) is 31.2 Å². The lowest BCUT2D eigenvalue weighted by atomic mass is 9.67. The molecule has 1 aromatic carbocycles. The molecule has 1 aromatic heterocycles. The Kier molecular flexibility index (Phi) is 8.33. The topological polar surface area (TPSA) is 107 Å². The smallest absolute Gasteiger partial charge is 0.309 e. The number of benzene rings is 1. The number of aryl methyl sites for hydroxylation is 1. The molecule has 3 fully saturated rings. The molecular weight excluding hydrogens is 510 g/mol. The van der Waals surface area contributed by atoms with Gasteiger partial charge in [-0.05, 0) is 60.6 Å². The van der Waals surface area contributed by atoms with E-state index in [1.165, 1.54) is 10.9 Å². The quantitative estimate of drug-likeness (QED) is 0.465. The molecule has 0 amide bonds. The van der Waals surface area contributed by atoms with Crippen LogP contribution in [-0.4, -0.2) is 58.8 Å². The number of aromatic amines is 1. The molecule has 0 radical (unpaired) electrons. The van der Waals surface area contributed by atoms with Crippen LogP contribution in [0.15, 0.2) is 30.5 Å². The number of hydrogen-bond donors (Lipinski definition) is 2. The Morgan fingerprint density at radius 1 is 1.02 bits per heavy atom. The van der Waals surface area contributed by atoms with E-state index in [9.17, 15) is 14.7 Å². The first-order valence-electron chi connectivity index (χ1n) is 14.9. The minimum Gasteiger partial charge on any atom is -0.462 e. The normalized spacial score (nSPS) is 35.2. The number of cyclic esters (lactones) is 1. The number of H-pyrrole nitrogens is 1. The molecule has 3 bridgehead atoms. The Hall–Kier alpha value is -2.42. The predicted molar refractivity (Wildman–Crippen MR) is 150 cm³/mol. The molecule has 3 aliphatic rings. The van der Waals surface area contributed by atoms with Crippen LogP contribution in [0.5, 0.6) is 0 Å². The average Bonchev–Trinajstić information content (AvgIpc) is 3.36. The van der Waals surface area contributed by atoms with Crippen molar-refractivity contribution in [3.8, 4) is 0 Å². The highest BCUT2D eigenvalue weighted by Gasteiger charge is 2.60. The molecule has 2 N–H and O–H groups in total. The lowest BCUT2D eigenvalue weighted by Crippen LogP contribution is -2.65. The summed E-state index contributed by atoms with van der Waals surface area (Å²) in [6.45, 7) is 10.3. The Balaban J connectivity index is 1.37. The highest BCUT2D eigenvalue weighted by Crippen LogP contribution is 2.55. The molecule has 0 saturated carbocycles.